The minimum absolute atomic E-state index is 0.207. The molecule has 0 saturated carbocycles. The number of anilines is 1. The van der Waals surface area contributed by atoms with Crippen molar-refractivity contribution in [3.05, 3.63) is 70.4 Å². The lowest BCUT2D eigenvalue weighted by molar-refractivity contribution is 0.212. The first kappa shape index (κ1) is 18.8. The Morgan fingerprint density at radius 2 is 2.07 bits per heavy atom. The van der Waals surface area contributed by atoms with Gasteiger partial charge >= 0.3 is 0 Å². The highest BCUT2D eigenvalue weighted by atomic mass is 35.5. The van der Waals surface area contributed by atoms with Gasteiger partial charge in [-0.15, -0.1) is 0 Å². The third-order valence-corrected chi connectivity index (χ3v) is 5.86. The van der Waals surface area contributed by atoms with E-state index in [2.05, 4.69) is 46.6 Å². The molecule has 1 aromatic heterocycles. The molecule has 0 radical (unpaired) electrons. The maximum atomic E-state index is 10.8. The van der Waals surface area contributed by atoms with E-state index < -0.39 is 0 Å². The summed E-state index contributed by atoms with van der Waals surface area (Å²) >= 11 is 6.30. The lowest BCUT2D eigenvalue weighted by Crippen LogP contribution is -2.35. The highest BCUT2D eigenvalue weighted by Crippen LogP contribution is 2.34. The van der Waals surface area contributed by atoms with E-state index in [-0.39, 0.29) is 5.88 Å². The van der Waals surface area contributed by atoms with Crippen LogP contribution in [0.25, 0.3) is 5.69 Å². The molecule has 0 amide bonds. The summed E-state index contributed by atoms with van der Waals surface area (Å²) in [5.41, 5.74) is 5.02. The molecule has 0 aliphatic heterocycles. The number of hydrogen-bond acceptors (Lipinski definition) is 4. The van der Waals surface area contributed by atoms with Gasteiger partial charge in [0.25, 0.3) is 0 Å². The number of halogens is 1. The summed E-state index contributed by atoms with van der Waals surface area (Å²) < 4.78 is 1.58. The van der Waals surface area contributed by atoms with Crippen LogP contribution in [0.4, 0.5) is 5.69 Å². The maximum Gasteiger partial charge on any atom is 0.217 e. The first-order valence-electron chi connectivity index (χ1n) is 9.58. The number of aromatic nitrogens is 2. The zero-order valence-electron chi connectivity index (χ0n) is 16.2. The molecule has 0 spiro atoms. The van der Waals surface area contributed by atoms with E-state index >= 15 is 0 Å². The predicted molar refractivity (Wildman–Crippen MR) is 114 cm³/mol. The van der Waals surface area contributed by atoms with Gasteiger partial charge in [0.1, 0.15) is 0 Å². The van der Waals surface area contributed by atoms with Crippen LogP contribution in [0.1, 0.15) is 23.2 Å². The van der Waals surface area contributed by atoms with E-state index in [1.54, 1.807) is 4.68 Å². The molecule has 28 heavy (non-hydrogen) atoms. The van der Waals surface area contributed by atoms with Gasteiger partial charge in [0.15, 0.2) is 0 Å². The van der Waals surface area contributed by atoms with Gasteiger partial charge in [0, 0.05) is 30.9 Å². The lowest BCUT2D eigenvalue weighted by Gasteiger charge is -2.31. The number of aromatic hydroxyl groups is 1. The van der Waals surface area contributed by atoms with Gasteiger partial charge < -0.3 is 10.4 Å². The number of hydrogen-bond donors (Lipinski definition) is 2. The summed E-state index contributed by atoms with van der Waals surface area (Å²) in [6.45, 7) is 0.870. The van der Waals surface area contributed by atoms with Gasteiger partial charge in [0.2, 0.25) is 5.88 Å². The summed E-state index contributed by atoms with van der Waals surface area (Å²) in [6.07, 6.45) is 2.66. The normalized spacial score (nSPS) is 16.2. The molecule has 2 aromatic carbocycles. The SMILES string of the molecule is CNc1cccc(CN(C)C2CCc3nn(-c4ccccc4Cl)c(O)c3C2)c1. The van der Waals surface area contributed by atoms with E-state index in [0.29, 0.717) is 16.8 Å². The zero-order valence-corrected chi connectivity index (χ0v) is 16.9. The Hall–Kier alpha value is -2.50. The van der Waals surface area contributed by atoms with E-state index in [9.17, 15) is 5.11 Å². The molecule has 146 valence electrons. The first-order chi connectivity index (χ1) is 13.6. The predicted octanol–water partition coefficient (Wildman–Crippen LogP) is 4.26. The summed E-state index contributed by atoms with van der Waals surface area (Å²) in [7, 11) is 4.09. The molecule has 1 unspecified atom stereocenters. The fourth-order valence-corrected chi connectivity index (χ4v) is 4.16. The fourth-order valence-electron chi connectivity index (χ4n) is 3.95. The van der Waals surface area contributed by atoms with Crippen molar-refractivity contribution in [3.63, 3.8) is 0 Å². The van der Waals surface area contributed by atoms with Gasteiger partial charge in [-0.25, -0.2) is 0 Å². The van der Waals surface area contributed by atoms with Crippen molar-refractivity contribution in [2.45, 2.75) is 31.8 Å². The van der Waals surface area contributed by atoms with Crippen LogP contribution in [0.15, 0.2) is 48.5 Å². The van der Waals surface area contributed by atoms with Gasteiger partial charge in [-0.3, -0.25) is 4.90 Å². The Morgan fingerprint density at radius 3 is 2.86 bits per heavy atom. The molecule has 2 N–H and O–H groups in total. The van der Waals surface area contributed by atoms with Crippen LogP contribution in [0, 0.1) is 0 Å². The molecule has 0 bridgehead atoms. The number of aryl methyl sites for hydroxylation is 1. The van der Waals surface area contributed by atoms with E-state index in [4.69, 9.17) is 11.6 Å². The average Bonchev–Trinajstić information content (AvgIpc) is 3.04. The van der Waals surface area contributed by atoms with Crippen molar-refractivity contribution in [2.75, 3.05) is 19.4 Å². The standard InChI is InChI=1S/C22H25ClN4O/c1-24-16-7-5-6-15(12-16)14-26(2)17-10-11-20-18(13-17)22(28)27(25-20)21-9-4-3-8-19(21)23/h3-9,12,17,24,28H,10-11,13-14H2,1-2H3. The Labute approximate surface area is 170 Å². The quantitative estimate of drug-likeness (QED) is 0.676. The number of likely N-dealkylation sites (N-methyl/N-ethyl adjacent to an activating group) is 1. The molecule has 5 nitrogen and oxygen atoms in total. The van der Waals surface area contributed by atoms with Crippen molar-refractivity contribution in [1.82, 2.24) is 14.7 Å². The monoisotopic (exact) mass is 396 g/mol. The van der Waals surface area contributed by atoms with E-state index in [1.165, 1.54) is 5.56 Å². The zero-order chi connectivity index (χ0) is 19.7. The van der Waals surface area contributed by atoms with Crippen molar-refractivity contribution < 1.29 is 5.11 Å². The maximum absolute atomic E-state index is 10.8. The molecule has 1 aliphatic rings. The number of fused-ring (bicyclic) bond motifs is 1. The molecule has 1 heterocycles. The van der Waals surface area contributed by atoms with Crippen LogP contribution in [-0.2, 0) is 19.4 Å². The minimum Gasteiger partial charge on any atom is -0.493 e. The second-order valence-corrected chi connectivity index (χ2v) is 7.78. The average molecular weight is 397 g/mol. The van der Waals surface area contributed by atoms with E-state index in [1.807, 2.05) is 31.3 Å². The van der Waals surface area contributed by atoms with Gasteiger partial charge in [-0.05, 0) is 56.1 Å². The molecule has 6 heteroatoms. The largest absolute Gasteiger partial charge is 0.493 e. The molecule has 1 atom stereocenters. The highest BCUT2D eigenvalue weighted by molar-refractivity contribution is 6.32. The Morgan fingerprint density at radius 1 is 1.25 bits per heavy atom. The van der Waals surface area contributed by atoms with Crippen LogP contribution in [-0.4, -0.2) is 39.9 Å². The smallest absolute Gasteiger partial charge is 0.217 e. The van der Waals surface area contributed by atoms with Crippen LogP contribution in [0.2, 0.25) is 5.02 Å². The Bertz CT molecular complexity index is 984. The number of benzene rings is 2. The summed E-state index contributed by atoms with van der Waals surface area (Å²) in [6, 6.07) is 16.3. The molecular weight excluding hydrogens is 372 g/mol. The van der Waals surface area contributed by atoms with Crippen LogP contribution in [0.5, 0.6) is 5.88 Å². The van der Waals surface area contributed by atoms with Crippen LogP contribution >= 0.6 is 11.6 Å². The van der Waals surface area contributed by atoms with Crippen LogP contribution < -0.4 is 5.32 Å². The summed E-state index contributed by atoms with van der Waals surface area (Å²) in [4.78, 5) is 2.37. The molecule has 0 fully saturated rings. The number of para-hydroxylation sites is 1. The van der Waals surface area contributed by atoms with Crippen molar-refractivity contribution in [3.8, 4) is 11.6 Å². The number of rotatable bonds is 5. The fraction of sp³-hybridized carbons (Fsp3) is 0.318. The molecule has 4 rings (SSSR count). The third-order valence-electron chi connectivity index (χ3n) is 5.55. The van der Waals surface area contributed by atoms with Gasteiger partial charge in [-0.1, -0.05) is 35.9 Å². The second kappa shape index (κ2) is 7.86. The first-order valence-corrected chi connectivity index (χ1v) is 9.96. The lowest BCUT2D eigenvalue weighted by atomic mass is 9.92. The molecule has 0 saturated heterocycles. The summed E-state index contributed by atoms with van der Waals surface area (Å²) in [5.74, 6) is 0.207. The van der Waals surface area contributed by atoms with E-state index in [0.717, 1.165) is 42.8 Å². The number of nitrogens with zero attached hydrogens (tertiary/aromatic N) is 3. The summed E-state index contributed by atoms with van der Waals surface area (Å²) in [5, 5.41) is 19.2. The van der Waals surface area contributed by atoms with Gasteiger partial charge in [0.05, 0.1) is 16.4 Å². The second-order valence-electron chi connectivity index (χ2n) is 7.37. The topological polar surface area (TPSA) is 53.3 Å². The third kappa shape index (κ3) is 3.60. The van der Waals surface area contributed by atoms with Crippen LogP contribution in [0.3, 0.4) is 0 Å². The highest BCUT2D eigenvalue weighted by Gasteiger charge is 2.29. The molecule has 3 aromatic rings. The van der Waals surface area contributed by atoms with Crippen molar-refractivity contribution >= 4 is 17.3 Å². The number of nitrogens with one attached hydrogen (secondary N) is 1. The Balaban J connectivity index is 1.54. The van der Waals surface area contributed by atoms with Crippen molar-refractivity contribution in [1.29, 1.82) is 0 Å². The molecule has 1 aliphatic carbocycles. The van der Waals surface area contributed by atoms with Gasteiger partial charge in [-0.2, -0.15) is 9.78 Å². The minimum atomic E-state index is 0.207. The Kier molecular flexibility index (Phi) is 5.29. The van der Waals surface area contributed by atoms with Crippen molar-refractivity contribution in [2.24, 2.45) is 0 Å². The molecular formula is C22H25ClN4O.